The summed E-state index contributed by atoms with van der Waals surface area (Å²) in [6.45, 7) is 5.54. The van der Waals surface area contributed by atoms with Crippen LogP contribution in [0.4, 0.5) is 0 Å². The van der Waals surface area contributed by atoms with Crippen molar-refractivity contribution in [3.63, 3.8) is 0 Å². The maximum atomic E-state index is 5.38. The third-order valence-electron chi connectivity index (χ3n) is 3.97. The van der Waals surface area contributed by atoms with Gasteiger partial charge in [0.2, 0.25) is 0 Å². The number of likely N-dealkylation sites (tertiary alicyclic amines) is 1. The third kappa shape index (κ3) is 3.28. The van der Waals surface area contributed by atoms with Crippen LogP contribution in [-0.2, 0) is 11.3 Å². The Kier molecular flexibility index (Phi) is 4.26. The highest BCUT2D eigenvalue weighted by Crippen LogP contribution is 2.31. The highest BCUT2D eigenvalue weighted by molar-refractivity contribution is 5.11. The molecule has 0 amide bonds. The van der Waals surface area contributed by atoms with Crippen molar-refractivity contribution in [3.8, 4) is 0 Å². The van der Waals surface area contributed by atoms with Crippen LogP contribution in [0, 0.1) is 12.8 Å². The lowest BCUT2D eigenvalue weighted by Gasteiger charge is -2.15. The first-order chi connectivity index (χ1) is 10.3. The van der Waals surface area contributed by atoms with Crippen LogP contribution >= 0.6 is 0 Å². The summed E-state index contributed by atoms with van der Waals surface area (Å²) >= 11 is 0. The predicted molar refractivity (Wildman–Crippen MR) is 78.7 cm³/mol. The molecule has 112 valence electrons. The van der Waals surface area contributed by atoms with Gasteiger partial charge in [0.25, 0.3) is 0 Å². The van der Waals surface area contributed by atoms with Crippen molar-refractivity contribution in [1.82, 2.24) is 25.1 Å². The van der Waals surface area contributed by atoms with Gasteiger partial charge >= 0.3 is 0 Å². The van der Waals surface area contributed by atoms with Gasteiger partial charge in [-0.15, -0.1) is 0 Å². The largest absolute Gasteiger partial charge is 0.384 e. The number of ether oxygens (including phenoxy) is 1. The number of nitrogens with one attached hydrogen (secondary N) is 1. The van der Waals surface area contributed by atoms with Crippen LogP contribution in [-0.4, -0.2) is 51.9 Å². The number of hydrogen-bond acceptors (Lipinski definition) is 5. The van der Waals surface area contributed by atoms with Gasteiger partial charge in [0, 0.05) is 51.0 Å². The quantitative estimate of drug-likeness (QED) is 0.899. The van der Waals surface area contributed by atoms with Crippen LogP contribution in [0.3, 0.4) is 0 Å². The van der Waals surface area contributed by atoms with E-state index in [0.29, 0.717) is 11.8 Å². The molecule has 21 heavy (non-hydrogen) atoms. The molecule has 1 aliphatic rings. The molecule has 0 radical (unpaired) electrons. The number of rotatable bonds is 5. The first-order valence-corrected chi connectivity index (χ1v) is 7.25. The fraction of sp³-hybridized carbons (Fsp3) is 0.533. The standard InChI is InChI=1S/C15H21N5O/c1-11-17-15(19-18-11)14-9-20(8-13(14)10-21-2)7-12-4-3-5-16-6-12/h3-6,13-14H,7-10H2,1-2H3,(H,17,18,19)/t13-,14+/m0/s1. The van der Waals surface area contributed by atoms with E-state index < -0.39 is 0 Å². The van der Waals surface area contributed by atoms with E-state index in [-0.39, 0.29) is 0 Å². The van der Waals surface area contributed by atoms with Crippen molar-refractivity contribution in [1.29, 1.82) is 0 Å². The molecule has 6 nitrogen and oxygen atoms in total. The van der Waals surface area contributed by atoms with Gasteiger partial charge in [-0.25, -0.2) is 4.98 Å². The Labute approximate surface area is 124 Å². The van der Waals surface area contributed by atoms with Crippen LogP contribution in [0.15, 0.2) is 24.5 Å². The summed E-state index contributed by atoms with van der Waals surface area (Å²) in [5.41, 5.74) is 1.24. The first-order valence-electron chi connectivity index (χ1n) is 7.25. The molecule has 2 aromatic heterocycles. The van der Waals surface area contributed by atoms with E-state index in [4.69, 9.17) is 4.74 Å². The molecule has 3 heterocycles. The van der Waals surface area contributed by atoms with E-state index in [1.807, 2.05) is 19.2 Å². The maximum Gasteiger partial charge on any atom is 0.155 e. The molecule has 0 aromatic carbocycles. The van der Waals surface area contributed by atoms with Crippen molar-refractivity contribution < 1.29 is 4.74 Å². The Bertz CT molecular complexity index is 570. The summed E-state index contributed by atoms with van der Waals surface area (Å²) < 4.78 is 5.38. The van der Waals surface area contributed by atoms with Crippen molar-refractivity contribution in [2.75, 3.05) is 26.8 Å². The van der Waals surface area contributed by atoms with Gasteiger partial charge in [0.1, 0.15) is 5.82 Å². The topological polar surface area (TPSA) is 66.9 Å². The minimum atomic E-state index is 0.326. The second kappa shape index (κ2) is 6.32. The minimum Gasteiger partial charge on any atom is -0.384 e. The van der Waals surface area contributed by atoms with E-state index >= 15 is 0 Å². The van der Waals surface area contributed by atoms with Crippen LogP contribution < -0.4 is 0 Å². The second-order valence-corrected chi connectivity index (χ2v) is 5.66. The number of H-pyrrole nitrogens is 1. The monoisotopic (exact) mass is 287 g/mol. The minimum absolute atomic E-state index is 0.326. The summed E-state index contributed by atoms with van der Waals surface area (Å²) in [6.07, 6.45) is 3.73. The van der Waals surface area contributed by atoms with E-state index in [9.17, 15) is 0 Å². The molecule has 2 atom stereocenters. The molecular formula is C15H21N5O. The number of aryl methyl sites for hydroxylation is 1. The molecule has 3 rings (SSSR count). The summed E-state index contributed by atoms with van der Waals surface area (Å²) in [6, 6.07) is 4.09. The van der Waals surface area contributed by atoms with Gasteiger partial charge in [-0.2, -0.15) is 5.10 Å². The second-order valence-electron chi connectivity index (χ2n) is 5.66. The number of pyridine rings is 1. The molecule has 1 saturated heterocycles. The van der Waals surface area contributed by atoms with Crippen LogP contribution in [0.25, 0.3) is 0 Å². The predicted octanol–water partition coefficient (Wildman–Crippen LogP) is 1.37. The SMILES string of the molecule is COC[C@@H]1CN(Cc2cccnc2)C[C@H]1c1n[nH]c(C)n1. The highest BCUT2D eigenvalue weighted by atomic mass is 16.5. The Morgan fingerprint density at radius 3 is 3.00 bits per heavy atom. The van der Waals surface area contributed by atoms with Gasteiger partial charge in [-0.3, -0.25) is 15.0 Å². The maximum absolute atomic E-state index is 5.38. The number of aromatic nitrogens is 4. The fourth-order valence-electron chi connectivity index (χ4n) is 3.04. The van der Waals surface area contributed by atoms with Crippen molar-refractivity contribution >= 4 is 0 Å². The Morgan fingerprint density at radius 1 is 1.43 bits per heavy atom. The average Bonchev–Trinajstić information content (AvgIpc) is 3.07. The molecule has 1 aliphatic heterocycles. The van der Waals surface area contributed by atoms with Gasteiger partial charge in [-0.05, 0) is 18.6 Å². The van der Waals surface area contributed by atoms with Gasteiger partial charge < -0.3 is 4.74 Å². The fourth-order valence-corrected chi connectivity index (χ4v) is 3.04. The molecule has 0 bridgehead atoms. The average molecular weight is 287 g/mol. The Balaban J connectivity index is 1.71. The molecule has 0 spiro atoms. The number of nitrogens with zero attached hydrogens (tertiary/aromatic N) is 4. The molecule has 1 fully saturated rings. The van der Waals surface area contributed by atoms with Crippen LogP contribution in [0.1, 0.15) is 23.1 Å². The number of hydrogen-bond donors (Lipinski definition) is 1. The zero-order valence-corrected chi connectivity index (χ0v) is 12.5. The molecule has 1 N–H and O–H groups in total. The van der Waals surface area contributed by atoms with Crippen molar-refractivity contribution in [2.24, 2.45) is 5.92 Å². The Hall–Kier alpha value is -1.79. The van der Waals surface area contributed by atoms with Gasteiger partial charge in [-0.1, -0.05) is 6.07 Å². The lowest BCUT2D eigenvalue weighted by Crippen LogP contribution is -2.21. The lowest BCUT2D eigenvalue weighted by atomic mass is 9.96. The third-order valence-corrected chi connectivity index (χ3v) is 3.97. The van der Waals surface area contributed by atoms with Gasteiger partial charge in [0.15, 0.2) is 5.82 Å². The summed E-state index contributed by atoms with van der Waals surface area (Å²) in [5, 5.41) is 7.28. The summed E-state index contributed by atoms with van der Waals surface area (Å²) in [4.78, 5) is 11.1. The normalized spacial score (nSPS) is 22.8. The van der Waals surface area contributed by atoms with Crippen molar-refractivity contribution in [2.45, 2.75) is 19.4 Å². The summed E-state index contributed by atoms with van der Waals surface area (Å²) in [5.74, 6) is 2.53. The van der Waals surface area contributed by atoms with Crippen LogP contribution in [0.2, 0.25) is 0 Å². The van der Waals surface area contributed by atoms with Crippen molar-refractivity contribution in [3.05, 3.63) is 41.7 Å². The molecule has 2 aromatic rings. The van der Waals surface area contributed by atoms with E-state index in [1.165, 1.54) is 5.56 Å². The molecule has 0 unspecified atom stereocenters. The molecule has 0 aliphatic carbocycles. The molecular weight excluding hydrogens is 266 g/mol. The summed E-state index contributed by atoms with van der Waals surface area (Å²) in [7, 11) is 1.75. The van der Waals surface area contributed by atoms with E-state index in [0.717, 1.165) is 37.9 Å². The zero-order valence-electron chi connectivity index (χ0n) is 12.5. The van der Waals surface area contributed by atoms with E-state index in [2.05, 4.69) is 31.1 Å². The van der Waals surface area contributed by atoms with E-state index in [1.54, 1.807) is 13.3 Å². The smallest absolute Gasteiger partial charge is 0.155 e. The highest BCUT2D eigenvalue weighted by Gasteiger charge is 2.36. The van der Waals surface area contributed by atoms with Gasteiger partial charge in [0.05, 0.1) is 6.61 Å². The number of aromatic amines is 1. The zero-order chi connectivity index (χ0) is 14.7. The number of methoxy groups -OCH3 is 1. The lowest BCUT2D eigenvalue weighted by molar-refractivity contribution is 0.146. The molecule has 0 saturated carbocycles. The van der Waals surface area contributed by atoms with Crippen LogP contribution in [0.5, 0.6) is 0 Å². The Morgan fingerprint density at radius 2 is 2.33 bits per heavy atom. The molecule has 6 heteroatoms. The first kappa shape index (κ1) is 14.2.